The highest BCUT2D eigenvalue weighted by atomic mass is 19.4. The molecule has 0 aliphatic heterocycles. The first kappa shape index (κ1) is 21.4. The van der Waals surface area contributed by atoms with E-state index in [0.717, 1.165) is 11.1 Å². The van der Waals surface area contributed by atoms with Crippen LogP contribution in [0, 0.1) is 0 Å². The summed E-state index contributed by atoms with van der Waals surface area (Å²) >= 11 is 0. The van der Waals surface area contributed by atoms with Crippen LogP contribution >= 0.6 is 0 Å². The standard InChI is InChI=1S/C23H21F3N2O2/c24-23(25,26)22(30,19-14-8-3-9-15-19)16-27-21(29)28-20(17-10-4-1-5-11-17)18-12-6-2-7-13-18/h1-15,20,30H,16H2,(H2,27,28,29). The third-order valence-corrected chi connectivity index (χ3v) is 4.77. The average molecular weight is 414 g/mol. The predicted molar refractivity (Wildman–Crippen MR) is 108 cm³/mol. The molecule has 0 aromatic heterocycles. The van der Waals surface area contributed by atoms with Gasteiger partial charge in [-0.3, -0.25) is 0 Å². The minimum absolute atomic E-state index is 0.347. The molecule has 3 aromatic carbocycles. The maximum absolute atomic E-state index is 13.6. The van der Waals surface area contributed by atoms with Crippen molar-refractivity contribution >= 4 is 6.03 Å². The van der Waals surface area contributed by atoms with Gasteiger partial charge in [-0.15, -0.1) is 0 Å². The maximum Gasteiger partial charge on any atom is 0.423 e. The van der Waals surface area contributed by atoms with E-state index in [2.05, 4.69) is 10.6 Å². The lowest BCUT2D eigenvalue weighted by atomic mass is 9.93. The lowest BCUT2D eigenvalue weighted by Crippen LogP contribution is -2.53. The van der Waals surface area contributed by atoms with Gasteiger partial charge in [0.15, 0.2) is 0 Å². The van der Waals surface area contributed by atoms with Gasteiger partial charge in [0.1, 0.15) is 0 Å². The molecule has 0 bridgehead atoms. The van der Waals surface area contributed by atoms with Crippen molar-refractivity contribution in [1.29, 1.82) is 0 Å². The number of amides is 2. The molecule has 3 N–H and O–H groups in total. The van der Waals surface area contributed by atoms with Gasteiger partial charge in [0, 0.05) is 0 Å². The van der Waals surface area contributed by atoms with Crippen LogP contribution in [0.25, 0.3) is 0 Å². The Hall–Kier alpha value is -3.32. The van der Waals surface area contributed by atoms with Gasteiger partial charge >= 0.3 is 12.2 Å². The van der Waals surface area contributed by atoms with Crippen LogP contribution in [0.5, 0.6) is 0 Å². The molecule has 2 amide bonds. The summed E-state index contributed by atoms with van der Waals surface area (Å²) in [6, 6.07) is 23.4. The molecule has 0 spiro atoms. The largest absolute Gasteiger partial charge is 0.423 e. The summed E-state index contributed by atoms with van der Waals surface area (Å²) in [5.74, 6) is 0. The Morgan fingerprint density at radius 3 is 1.67 bits per heavy atom. The Balaban J connectivity index is 1.78. The van der Waals surface area contributed by atoms with E-state index < -0.39 is 30.4 Å². The van der Waals surface area contributed by atoms with Gasteiger partial charge < -0.3 is 15.7 Å². The van der Waals surface area contributed by atoms with E-state index in [-0.39, 0.29) is 5.56 Å². The minimum atomic E-state index is -4.97. The second kappa shape index (κ2) is 9.00. The van der Waals surface area contributed by atoms with Crippen molar-refractivity contribution < 1.29 is 23.1 Å². The second-order valence-electron chi connectivity index (χ2n) is 6.81. The van der Waals surface area contributed by atoms with Crippen molar-refractivity contribution in [2.75, 3.05) is 6.54 Å². The fourth-order valence-corrected chi connectivity index (χ4v) is 3.12. The number of alkyl halides is 3. The summed E-state index contributed by atoms with van der Waals surface area (Å²) < 4.78 is 40.8. The number of rotatable bonds is 6. The molecule has 0 aliphatic rings. The van der Waals surface area contributed by atoms with Crippen molar-refractivity contribution in [3.8, 4) is 0 Å². The molecular weight excluding hydrogens is 393 g/mol. The van der Waals surface area contributed by atoms with E-state index in [4.69, 9.17) is 0 Å². The zero-order chi connectivity index (χ0) is 21.6. The Kier molecular flexibility index (Phi) is 6.42. The monoisotopic (exact) mass is 414 g/mol. The molecule has 7 heteroatoms. The van der Waals surface area contributed by atoms with Crippen molar-refractivity contribution in [2.24, 2.45) is 0 Å². The normalized spacial score (nSPS) is 13.5. The molecule has 0 aliphatic carbocycles. The van der Waals surface area contributed by atoms with Gasteiger partial charge in [-0.2, -0.15) is 13.2 Å². The number of carbonyl (C=O) groups is 1. The quantitative estimate of drug-likeness (QED) is 0.555. The minimum Gasteiger partial charge on any atom is -0.375 e. The Bertz CT molecular complexity index is 911. The van der Waals surface area contributed by atoms with Crippen LogP contribution in [0.15, 0.2) is 91.0 Å². The zero-order valence-electron chi connectivity index (χ0n) is 15.9. The van der Waals surface area contributed by atoms with Gasteiger partial charge in [0.05, 0.1) is 12.6 Å². The first-order valence-corrected chi connectivity index (χ1v) is 9.30. The predicted octanol–water partition coefficient (Wildman–Crippen LogP) is 4.53. The highest BCUT2D eigenvalue weighted by molar-refractivity contribution is 5.75. The fourth-order valence-electron chi connectivity index (χ4n) is 3.12. The Labute approximate surface area is 172 Å². The maximum atomic E-state index is 13.6. The van der Waals surface area contributed by atoms with Crippen molar-refractivity contribution in [3.63, 3.8) is 0 Å². The number of nitrogens with one attached hydrogen (secondary N) is 2. The third-order valence-electron chi connectivity index (χ3n) is 4.77. The molecule has 3 rings (SSSR count). The highest BCUT2D eigenvalue weighted by Gasteiger charge is 2.55. The number of hydrogen-bond donors (Lipinski definition) is 3. The molecule has 30 heavy (non-hydrogen) atoms. The molecule has 3 aromatic rings. The van der Waals surface area contributed by atoms with Crippen LogP contribution in [-0.2, 0) is 5.60 Å². The van der Waals surface area contributed by atoms with Gasteiger partial charge in [0.25, 0.3) is 0 Å². The van der Waals surface area contributed by atoms with E-state index in [9.17, 15) is 23.1 Å². The number of aliphatic hydroxyl groups is 1. The zero-order valence-corrected chi connectivity index (χ0v) is 15.9. The number of hydrogen-bond acceptors (Lipinski definition) is 2. The molecule has 4 nitrogen and oxygen atoms in total. The summed E-state index contributed by atoms with van der Waals surface area (Å²) in [6.45, 7) is -1.03. The molecular formula is C23H21F3N2O2. The Morgan fingerprint density at radius 2 is 1.23 bits per heavy atom. The smallest absolute Gasteiger partial charge is 0.375 e. The number of benzene rings is 3. The third kappa shape index (κ3) is 4.80. The van der Waals surface area contributed by atoms with E-state index in [1.54, 1.807) is 6.07 Å². The van der Waals surface area contributed by atoms with E-state index >= 15 is 0 Å². The summed E-state index contributed by atoms with van der Waals surface area (Å²) in [6.07, 6.45) is -4.97. The van der Waals surface area contributed by atoms with Gasteiger partial charge in [-0.05, 0) is 16.7 Å². The first-order valence-electron chi connectivity index (χ1n) is 9.30. The molecule has 0 heterocycles. The number of urea groups is 1. The molecule has 1 atom stereocenters. The number of carbonyl (C=O) groups excluding carboxylic acids is 1. The molecule has 0 saturated heterocycles. The van der Waals surface area contributed by atoms with Crippen LogP contribution in [0.3, 0.4) is 0 Å². The summed E-state index contributed by atoms with van der Waals surface area (Å²) in [5.41, 5.74) is -2.01. The topological polar surface area (TPSA) is 61.4 Å². The van der Waals surface area contributed by atoms with E-state index in [1.165, 1.54) is 24.3 Å². The van der Waals surface area contributed by atoms with Crippen LogP contribution in [0.1, 0.15) is 22.7 Å². The molecule has 156 valence electrons. The SMILES string of the molecule is O=C(NCC(O)(c1ccccc1)C(F)(F)F)NC(c1ccccc1)c1ccccc1. The highest BCUT2D eigenvalue weighted by Crippen LogP contribution is 2.38. The number of halogens is 3. The lowest BCUT2D eigenvalue weighted by molar-refractivity contribution is -0.263. The second-order valence-corrected chi connectivity index (χ2v) is 6.81. The average Bonchev–Trinajstić information content (AvgIpc) is 2.77. The Morgan fingerprint density at radius 1 is 0.800 bits per heavy atom. The summed E-state index contributed by atoms with van der Waals surface area (Å²) in [7, 11) is 0. The summed E-state index contributed by atoms with van der Waals surface area (Å²) in [4.78, 5) is 12.5. The van der Waals surface area contributed by atoms with Crippen LogP contribution in [0.4, 0.5) is 18.0 Å². The van der Waals surface area contributed by atoms with Crippen molar-refractivity contribution in [3.05, 3.63) is 108 Å². The van der Waals surface area contributed by atoms with E-state index in [1.807, 2.05) is 60.7 Å². The van der Waals surface area contributed by atoms with Crippen molar-refractivity contribution in [1.82, 2.24) is 10.6 Å². The van der Waals surface area contributed by atoms with E-state index in [0.29, 0.717) is 0 Å². The first-order chi connectivity index (χ1) is 14.3. The molecule has 0 fully saturated rings. The summed E-state index contributed by atoms with van der Waals surface area (Å²) in [5, 5.41) is 15.2. The van der Waals surface area contributed by atoms with Gasteiger partial charge in [-0.1, -0.05) is 91.0 Å². The van der Waals surface area contributed by atoms with Crippen molar-refractivity contribution in [2.45, 2.75) is 17.8 Å². The molecule has 0 saturated carbocycles. The van der Waals surface area contributed by atoms with Crippen LogP contribution < -0.4 is 10.6 Å². The van der Waals surface area contributed by atoms with Crippen LogP contribution in [-0.4, -0.2) is 23.9 Å². The van der Waals surface area contributed by atoms with Crippen LogP contribution in [0.2, 0.25) is 0 Å². The molecule has 1 unspecified atom stereocenters. The van der Waals surface area contributed by atoms with Gasteiger partial charge in [-0.25, -0.2) is 4.79 Å². The lowest BCUT2D eigenvalue weighted by Gasteiger charge is -2.31. The fraction of sp³-hybridized carbons (Fsp3) is 0.174. The molecule has 0 radical (unpaired) electrons. The van der Waals surface area contributed by atoms with Gasteiger partial charge in [0.2, 0.25) is 5.60 Å².